The van der Waals surface area contributed by atoms with Gasteiger partial charge in [0.1, 0.15) is 12.1 Å². The Balaban J connectivity index is 1.71. The van der Waals surface area contributed by atoms with Crippen molar-refractivity contribution in [1.29, 1.82) is 0 Å². The Morgan fingerprint density at radius 3 is 2.50 bits per heavy atom. The minimum Gasteiger partial charge on any atom is -0.459 e. The molecule has 0 unspecified atom stereocenters. The van der Waals surface area contributed by atoms with Crippen LogP contribution in [0.15, 0.2) is 29.8 Å². The molecule has 0 bridgehead atoms. The number of ether oxygens (including phenoxy) is 1. The van der Waals surface area contributed by atoms with E-state index in [4.69, 9.17) is 10.5 Å². The lowest BCUT2D eigenvalue weighted by Crippen LogP contribution is -2.47. The number of rotatable bonds is 7. The number of likely N-dealkylation sites (tertiary alicyclic amines) is 1. The highest BCUT2D eigenvalue weighted by Crippen LogP contribution is 2.29. The quantitative estimate of drug-likeness (QED) is 0.581. The van der Waals surface area contributed by atoms with E-state index >= 15 is 0 Å². The molecule has 1 aliphatic heterocycles. The molecule has 2 aromatic rings. The Morgan fingerprint density at radius 1 is 1.26 bits per heavy atom. The van der Waals surface area contributed by atoms with Crippen LogP contribution in [-0.4, -0.2) is 52.9 Å². The van der Waals surface area contributed by atoms with E-state index in [0.29, 0.717) is 6.42 Å². The fourth-order valence-corrected chi connectivity index (χ4v) is 4.90. The van der Waals surface area contributed by atoms with Gasteiger partial charge in [-0.1, -0.05) is 45.0 Å². The van der Waals surface area contributed by atoms with Gasteiger partial charge < -0.3 is 20.7 Å². The van der Waals surface area contributed by atoms with Crippen molar-refractivity contribution in [2.75, 3.05) is 13.1 Å². The van der Waals surface area contributed by atoms with Crippen LogP contribution < -0.4 is 11.1 Å². The maximum Gasteiger partial charge on any atom is 0.320 e. The summed E-state index contributed by atoms with van der Waals surface area (Å²) in [6.07, 6.45) is -0.000460. The van der Waals surface area contributed by atoms with Gasteiger partial charge in [-0.15, -0.1) is 11.3 Å². The van der Waals surface area contributed by atoms with E-state index in [1.165, 1.54) is 4.90 Å². The van der Waals surface area contributed by atoms with Crippen LogP contribution in [0.3, 0.4) is 0 Å². The molecule has 184 valence electrons. The Hall–Kier alpha value is -2.78. The van der Waals surface area contributed by atoms with Gasteiger partial charge in [-0.2, -0.15) is 0 Å². The van der Waals surface area contributed by atoms with Crippen molar-refractivity contribution in [2.45, 2.75) is 65.6 Å². The van der Waals surface area contributed by atoms with Crippen LogP contribution >= 0.6 is 11.3 Å². The largest absolute Gasteiger partial charge is 0.459 e. The molecule has 1 saturated heterocycles. The van der Waals surface area contributed by atoms with E-state index < -0.39 is 18.1 Å². The van der Waals surface area contributed by atoms with Gasteiger partial charge in [0.2, 0.25) is 11.8 Å². The normalized spacial score (nSPS) is 19.1. The number of benzene rings is 1. The third-order valence-corrected chi connectivity index (χ3v) is 6.79. The second kappa shape index (κ2) is 10.7. The molecule has 1 aromatic carbocycles. The predicted octanol–water partition coefficient (Wildman–Crippen LogP) is 3.20. The van der Waals surface area contributed by atoms with Crippen LogP contribution in [0.5, 0.6) is 0 Å². The molecule has 8 nitrogen and oxygen atoms in total. The van der Waals surface area contributed by atoms with Gasteiger partial charge in [0.25, 0.3) is 0 Å². The number of amides is 2. The van der Waals surface area contributed by atoms with Gasteiger partial charge in [-0.05, 0) is 30.4 Å². The molecule has 0 saturated carbocycles. The molecule has 2 amide bonds. The number of thiazole rings is 1. The average Bonchev–Trinajstić information content (AvgIpc) is 3.39. The van der Waals surface area contributed by atoms with Crippen molar-refractivity contribution >= 4 is 29.1 Å². The molecule has 1 aliphatic rings. The van der Waals surface area contributed by atoms with Crippen molar-refractivity contribution in [3.8, 4) is 10.4 Å². The molecule has 3 N–H and O–H groups in total. The minimum atomic E-state index is -0.702. The highest BCUT2D eigenvalue weighted by Gasteiger charge is 2.42. The summed E-state index contributed by atoms with van der Waals surface area (Å²) < 4.78 is 5.36. The molecule has 1 fully saturated rings. The molecule has 3 rings (SSSR count). The van der Waals surface area contributed by atoms with E-state index in [-0.39, 0.29) is 42.8 Å². The van der Waals surface area contributed by atoms with E-state index in [9.17, 15) is 14.4 Å². The maximum atomic E-state index is 13.2. The van der Waals surface area contributed by atoms with Gasteiger partial charge in [-0.3, -0.25) is 14.4 Å². The van der Waals surface area contributed by atoms with Crippen molar-refractivity contribution in [1.82, 2.24) is 15.2 Å². The van der Waals surface area contributed by atoms with Gasteiger partial charge in [0, 0.05) is 12.8 Å². The lowest BCUT2D eigenvalue weighted by molar-refractivity contribution is -0.147. The molecule has 0 aliphatic carbocycles. The Labute approximate surface area is 204 Å². The first-order valence-electron chi connectivity index (χ1n) is 11.5. The van der Waals surface area contributed by atoms with Crippen LogP contribution in [0.1, 0.15) is 57.8 Å². The molecule has 1 aromatic heterocycles. The Morgan fingerprint density at radius 2 is 1.94 bits per heavy atom. The number of hydrogen-bond acceptors (Lipinski definition) is 7. The smallest absolute Gasteiger partial charge is 0.320 e. The summed E-state index contributed by atoms with van der Waals surface area (Å²) >= 11 is 1.59. The zero-order valence-corrected chi connectivity index (χ0v) is 21.3. The molecule has 34 heavy (non-hydrogen) atoms. The van der Waals surface area contributed by atoms with Crippen LogP contribution in [-0.2, 0) is 19.1 Å². The Kier molecular flexibility index (Phi) is 8.09. The van der Waals surface area contributed by atoms with Crippen LogP contribution in [0.2, 0.25) is 0 Å². The zero-order chi connectivity index (χ0) is 25.0. The van der Waals surface area contributed by atoms with Gasteiger partial charge in [-0.25, -0.2) is 4.98 Å². The lowest BCUT2D eigenvalue weighted by Gasteiger charge is -2.28. The number of hydrogen-bond donors (Lipinski definition) is 2. The van der Waals surface area contributed by atoms with Gasteiger partial charge in [0.15, 0.2) is 0 Å². The number of aromatic nitrogens is 1. The summed E-state index contributed by atoms with van der Waals surface area (Å²) in [6.45, 7) is 9.76. The fraction of sp³-hybridized carbons (Fsp3) is 0.520. The summed E-state index contributed by atoms with van der Waals surface area (Å²) in [5.41, 5.74) is 10.00. The second-order valence-corrected chi connectivity index (χ2v) is 10.8. The summed E-state index contributed by atoms with van der Waals surface area (Å²) in [5.74, 6) is -0.932. The third-order valence-electron chi connectivity index (χ3n) is 5.81. The van der Waals surface area contributed by atoms with Crippen molar-refractivity contribution in [2.24, 2.45) is 11.1 Å². The molecule has 2 heterocycles. The number of carbonyl (C=O) groups excluding carboxylic acids is 3. The number of esters is 1. The predicted molar refractivity (Wildman–Crippen MR) is 132 cm³/mol. The summed E-state index contributed by atoms with van der Waals surface area (Å²) in [5, 5.41) is 3.03. The number of aryl methyl sites for hydroxylation is 1. The topological polar surface area (TPSA) is 115 Å². The van der Waals surface area contributed by atoms with E-state index in [0.717, 1.165) is 21.7 Å². The van der Waals surface area contributed by atoms with Crippen LogP contribution in [0.25, 0.3) is 10.4 Å². The Bertz CT molecular complexity index is 1030. The number of carbonyl (C=O) groups is 3. The molecule has 0 radical (unpaired) electrons. The van der Waals surface area contributed by atoms with Crippen molar-refractivity contribution in [3.05, 3.63) is 41.0 Å². The standard InChI is InChI=1S/C25H34N4O4S/c1-15(17-6-8-18(9-7-17)23-16(2)27-14-34-23)28-24(32)20-10-19(33-22(31)12-26)13-29(20)21(30)11-25(3,4)5/h6-9,14-15,19-20H,10-13,26H2,1-5H3,(H,28,32)/t15-,19+,20-/m0/s1. The number of nitrogens with one attached hydrogen (secondary N) is 1. The second-order valence-electron chi connectivity index (χ2n) is 9.97. The van der Waals surface area contributed by atoms with Crippen molar-refractivity contribution in [3.63, 3.8) is 0 Å². The SMILES string of the molecule is Cc1ncsc1-c1ccc([C@H](C)NC(=O)[C@@H]2C[C@@H](OC(=O)CN)CN2C(=O)CC(C)(C)C)cc1. The molecule has 3 atom stereocenters. The zero-order valence-electron chi connectivity index (χ0n) is 20.5. The van der Waals surface area contributed by atoms with E-state index in [1.807, 2.05) is 64.4 Å². The summed E-state index contributed by atoms with van der Waals surface area (Å²) in [4.78, 5) is 44.9. The number of nitrogens with zero attached hydrogens (tertiary/aromatic N) is 2. The summed E-state index contributed by atoms with van der Waals surface area (Å²) in [6, 6.07) is 7.07. The third kappa shape index (κ3) is 6.42. The fourth-order valence-electron chi connectivity index (χ4n) is 4.09. The first kappa shape index (κ1) is 25.8. The molecular formula is C25H34N4O4S. The average molecular weight is 487 g/mol. The van der Waals surface area contributed by atoms with E-state index in [2.05, 4.69) is 10.3 Å². The molecular weight excluding hydrogens is 452 g/mol. The lowest BCUT2D eigenvalue weighted by atomic mass is 9.91. The van der Waals surface area contributed by atoms with E-state index in [1.54, 1.807) is 11.3 Å². The maximum absolute atomic E-state index is 13.2. The van der Waals surface area contributed by atoms with Crippen molar-refractivity contribution < 1.29 is 19.1 Å². The molecule has 9 heteroatoms. The summed E-state index contributed by atoms with van der Waals surface area (Å²) in [7, 11) is 0. The highest BCUT2D eigenvalue weighted by molar-refractivity contribution is 7.13. The van der Waals surface area contributed by atoms with Gasteiger partial charge in [0.05, 0.1) is 35.2 Å². The highest BCUT2D eigenvalue weighted by atomic mass is 32.1. The molecule has 0 spiro atoms. The van der Waals surface area contributed by atoms with Gasteiger partial charge >= 0.3 is 5.97 Å². The monoisotopic (exact) mass is 486 g/mol. The first-order chi connectivity index (χ1) is 16.0. The van der Waals surface area contributed by atoms with Crippen LogP contribution in [0, 0.1) is 12.3 Å². The first-order valence-corrected chi connectivity index (χ1v) is 12.4. The minimum absolute atomic E-state index is 0.129. The number of nitrogens with two attached hydrogens (primary N) is 1. The van der Waals surface area contributed by atoms with Crippen LogP contribution in [0.4, 0.5) is 0 Å².